The first-order valence-corrected chi connectivity index (χ1v) is 9.66. The summed E-state index contributed by atoms with van der Waals surface area (Å²) < 4.78 is 2.46. The van der Waals surface area contributed by atoms with Crippen LogP contribution >= 0.6 is 34.2 Å². The van der Waals surface area contributed by atoms with Crippen molar-refractivity contribution in [2.24, 2.45) is 0 Å². The number of hydrogen-bond donors (Lipinski definition) is 1. The molecule has 1 aliphatic rings. The second kappa shape index (κ2) is 7.14. The van der Waals surface area contributed by atoms with Crippen molar-refractivity contribution in [3.63, 3.8) is 0 Å². The smallest absolute Gasteiger partial charge is 0.183 e. The number of rotatable bonds is 4. The molecule has 25 heavy (non-hydrogen) atoms. The zero-order valence-corrected chi connectivity index (χ0v) is 16.4. The van der Waals surface area contributed by atoms with Crippen LogP contribution in [0.4, 0.5) is 0 Å². The second-order valence-corrected chi connectivity index (χ2v) is 7.52. The number of halogens is 2. The molecule has 1 N–H and O–H groups in total. The molecule has 0 radical (unpaired) electrons. The molecule has 1 aliphatic heterocycles. The number of nitrogens with zero attached hydrogens (tertiary/aromatic N) is 5. The van der Waals surface area contributed by atoms with E-state index < -0.39 is 6.23 Å². The minimum absolute atomic E-state index is 0.356. The van der Waals surface area contributed by atoms with Crippen LogP contribution in [0.25, 0.3) is 22.3 Å². The molecule has 1 atom stereocenters. The number of aromatic nitrogens is 4. The van der Waals surface area contributed by atoms with Gasteiger partial charge in [-0.15, -0.1) is 10.2 Å². The highest BCUT2D eigenvalue weighted by atomic mass is 127. The summed E-state index contributed by atoms with van der Waals surface area (Å²) in [5, 5.41) is 25.0. The van der Waals surface area contributed by atoms with Gasteiger partial charge in [0.2, 0.25) is 0 Å². The lowest BCUT2D eigenvalue weighted by Gasteiger charge is -2.22. The van der Waals surface area contributed by atoms with E-state index in [9.17, 15) is 5.11 Å². The van der Waals surface area contributed by atoms with Gasteiger partial charge in [-0.05, 0) is 35.4 Å². The molecule has 1 aromatic carbocycles. The first kappa shape index (κ1) is 17.1. The number of benzene rings is 1. The maximum absolute atomic E-state index is 10.5. The van der Waals surface area contributed by atoms with Crippen LogP contribution in [0.1, 0.15) is 12.8 Å². The van der Waals surface area contributed by atoms with Crippen molar-refractivity contribution in [1.29, 1.82) is 0 Å². The molecule has 0 spiro atoms. The van der Waals surface area contributed by atoms with Gasteiger partial charge in [0.1, 0.15) is 15.6 Å². The molecule has 0 bridgehead atoms. The molecular weight excluding hydrogens is 453 g/mol. The van der Waals surface area contributed by atoms with E-state index in [1.165, 1.54) is 0 Å². The van der Waals surface area contributed by atoms with Crippen LogP contribution in [-0.2, 0) is 6.54 Å². The monoisotopic (exact) mass is 469 g/mol. The lowest BCUT2D eigenvalue weighted by atomic mass is 10.1. The van der Waals surface area contributed by atoms with E-state index in [1.807, 2.05) is 30.3 Å². The van der Waals surface area contributed by atoms with Gasteiger partial charge < -0.3 is 5.11 Å². The number of aliphatic hydroxyl groups excluding tert-OH is 1. The van der Waals surface area contributed by atoms with Gasteiger partial charge in [-0.25, -0.2) is 4.68 Å². The minimum Gasteiger partial charge on any atom is -0.376 e. The molecule has 3 aromatic rings. The number of aliphatic hydroxyl groups is 1. The molecule has 3 heterocycles. The molecule has 130 valence electrons. The van der Waals surface area contributed by atoms with Crippen molar-refractivity contribution in [2.45, 2.75) is 25.6 Å². The Bertz CT molecular complexity index is 895. The van der Waals surface area contributed by atoms with Crippen molar-refractivity contribution < 1.29 is 5.11 Å². The van der Waals surface area contributed by atoms with E-state index in [0.717, 1.165) is 40.6 Å². The minimum atomic E-state index is -0.573. The Kier molecular flexibility index (Phi) is 4.90. The number of fused-ring (bicyclic) bond motifs is 1. The van der Waals surface area contributed by atoms with Gasteiger partial charge in [-0.2, -0.15) is 5.10 Å². The highest BCUT2D eigenvalue weighted by Crippen LogP contribution is 2.33. The van der Waals surface area contributed by atoms with Gasteiger partial charge in [0, 0.05) is 18.7 Å². The van der Waals surface area contributed by atoms with Crippen molar-refractivity contribution in [3.05, 3.63) is 39.1 Å². The summed E-state index contributed by atoms with van der Waals surface area (Å²) in [5.74, 6) is 0. The van der Waals surface area contributed by atoms with Crippen molar-refractivity contribution in [3.8, 4) is 11.3 Å². The molecule has 4 rings (SSSR count). The first-order chi connectivity index (χ1) is 12.1. The van der Waals surface area contributed by atoms with Crippen LogP contribution in [0.15, 0.2) is 30.3 Å². The average molecular weight is 470 g/mol. The third-order valence-corrected chi connectivity index (χ3v) is 5.62. The fourth-order valence-corrected chi connectivity index (χ4v) is 4.44. The third kappa shape index (κ3) is 3.25. The van der Waals surface area contributed by atoms with Gasteiger partial charge in [0.15, 0.2) is 5.65 Å². The zero-order chi connectivity index (χ0) is 17.4. The molecule has 0 saturated carbocycles. The largest absolute Gasteiger partial charge is 0.376 e. The van der Waals surface area contributed by atoms with Gasteiger partial charge in [-0.1, -0.05) is 41.9 Å². The summed E-state index contributed by atoms with van der Waals surface area (Å²) in [7, 11) is 0. The van der Waals surface area contributed by atoms with Crippen LogP contribution in [0, 0.1) is 3.70 Å². The maximum atomic E-state index is 10.5. The van der Waals surface area contributed by atoms with Gasteiger partial charge in [0.25, 0.3) is 0 Å². The Morgan fingerprint density at radius 2 is 1.88 bits per heavy atom. The quantitative estimate of drug-likeness (QED) is 0.595. The molecule has 2 aromatic heterocycles. The molecule has 1 unspecified atom stereocenters. The first-order valence-electron chi connectivity index (χ1n) is 8.21. The number of hydrogen-bond acceptors (Lipinski definition) is 5. The molecule has 6 nitrogen and oxygen atoms in total. The molecule has 1 saturated heterocycles. The molecular formula is C17H17ClIN5O. The molecule has 8 heteroatoms. The normalized spacial score (nSPS) is 16.6. The van der Waals surface area contributed by atoms with E-state index in [1.54, 1.807) is 4.68 Å². The van der Waals surface area contributed by atoms with Crippen LogP contribution in [0.3, 0.4) is 0 Å². The predicted molar refractivity (Wildman–Crippen MR) is 105 cm³/mol. The fourth-order valence-electron chi connectivity index (χ4n) is 3.19. The summed E-state index contributed by atoms with van der Waals surface area (Å²) in [6.07, 6.45) is 1.68. The van der Waals surface area contributed by atoms with Gasteiger partial charge in [-0.3, -0.25) is 4.90 Å². The van der Waals surface area contributed by atoms with Crippen LogP contribution in [-0.4, -0.2) is 49.3 Å². The summed E-state index contributed by atoms with van der Waals surface area (Å²) in [5.41, 5.74) is 2.17. The summed E-state index contributed by atoms with van der Waals surface area (Å²) in [4.78, 5) is 2.06. The lowest BCUT2D eigenvalue weighted by molar-refractivity contribution is 0.00540. The summed E-state index contributed by atoms with van der Waals surface area (Å²) in [6, 6.07) is 9.74. The van der Waals surface area contributed by atoms with E-state index >= 15 is 0 Å². The third-order valence-electron chi connectivity index (χ3n) is 4.50. The predicted octanol–water partition coefficient (Wildman–Crippen LogP) is 3.17. The summed E-state index contributed by atoms with van der Waals surface area (Å²) >= 11 is 8.78. The van der Waals surface area contributed by atoms with E-state index in [2.05, 4.69) is 42.8 Å². The van der Waals surface area contributed by atoms with E-state index in [0.29, 0.717) is 22.9 Å². The molecule has 1 fully saturated rings. The van der Waals surface area contributed by atoms with E-state index in [4.69, 9.17) is 11.6 Å². The van der Waals surface area contributed by atoms with Crippen LogP contribution < -0.4 is 0 Å². The SMILES string of the molecule is OC(Cn1nc(I)c2c(Cl)c(-c3ccccc3)nnc21)N1CCCC1. The Balaban J connectivity index is 1.72. The van der Waals surface area contributed by atoms with Crippen molar-refractivity contribution in [1.82, 2.24) is 24.9 Å². The Labute approximate surface area is 163 Å². The van der Waals surface area contributed by atoms with Crippen molar-refractivity contribution >= 4 is 45.2 Å². The fraction of sp³-hybridized carbons (Fsp3) is 0.353. The Hall–Kier alpha value is -1.29. The van der Waals surface area contributed by atoms with Gasteiger partial charge >= 0.3 is 0 Å². The highest BCUT2D eigenvalue weighted by molar-refractivity contribution is 14.1. The topological polar surface area (TPSA) is 67.1 Å². The lowest BCUT2D eigenvalue weighted by Crippen LogP contribution is -2.36. The summed E-state index contributed by atoms with van der Waals surface area (Å²) in [6.45, 7) is 2.19. The Morgan fingerprint density at radius 1 is 1.16 bits per heavy atom. The average Bonchev–Trinajstić information content (AvgIpc) is 3.25. The van der Waals surface area contributed by atoms with Crippen LogP contribution in [0.2, 0.25) is 5.02 Å². The highest BCUT2D eigenvalue weighted by Gasteiger charge is 2.23. The molecule has 0 amide bonds. The second-order valence-electron chi connectivity index (χ2n) is 6.12. The van der Waals surface area contributed by atoms with E-state index in [-0.39, 0.29) is 0 Å². The zero-order valence-electron chi connectivity index (χ0n) is 13.4. The van der Waals surface area contributed by atoms with Crippen molar-refractivity contribution in [2.75, 3.05) is 13.1 Å². The molecule has 0 aliphatic carbocycles. The Morgan fingerprint density at radius 3 is 2.60 bits per heavy atom. The standard InChI is InChI=1S/C17H17ClIN5O/c18-14-13-16(19)22-24(10-12(25)23-8-4-5-9-23)17(13)21-20-15(14)11-6-2-1-3-7-11/h1-3,6-7,12,25H,4-5,8-10H2. The number of likely N-dealkylation sites (tertiary alicyclic amines) is 1. The van der Waals surface area contributed by atoms with Gasteiger partial charge in [0.05, 0.1) is 17.0 Å². The maximum Gasteiger partial charge on any atom is 0.183 e. The van der Waals surface area contributed by atoms with Crippen LogP contribution in [0.5, 0.6) is 0 Å².